The molecule has 0 fully saturated rings. The van der Waals surface area contributed by atoms with Crippen LogP contribution in [0.25, 0.3) is 0 Å². The second-order valence-corrected chi connectivity index (χ2v) is 8.25. The minimum Gasteiger partial charge on any atom is -0.341 e. The summed E-state index contributed by atoms with van der Waals surface area (Å²) >= 11 is 11.9. The maximum absolute atomic E-state index is 12.4. The Hall–Kier alpha value is -0.490. The third-order valence-corrected chi connectivity index (χ3v) is 5.21. The molecule has 0 aliphatic carbocycles. The molecule has 0 radical (unpaired) electrons. The van der Waals surface area contributed by atoms with Crippen LogP contribution in [0.15, 0.2) is 17.0 Å². The molecule has 118 valence electrons. The number of amides is 1. The van der Waals surface area contributed by atoms with Gasteiger partial charge in [-0.15, -0.1) is 0 Å². The molecular formula is C13H16Cl3NO3S. The Bertz CT molecular complexity index is 646. The van der Waals surface area contributed by atoms with Crippen LogP contribution in [0.2, 0.25) is 10.0 Å². The van der Waals surface area contributed by atoms with Gasteiger partial charge in [0.15, 0.2) is 0 Å². The molecule has 0 aliphatic rings. The third-order valence-electron chi connectivity index (χ3n) is 3.13. The molecule has 0 aliphatic heterocycles. The zero-order valence-electron chi connectivity index (χ0n) is 11.9. The average Bonchev–Trinajstić information content (AvgIpc) is 2.38. The van der Waals surface area contributed by atoms with Crippen LogP contribution in [0.4, 0.5) is 0 Å². The van der Waals surface area contributed by atoms with E-state index in [9.17, 15) is 13.2 Å². The maximum atomic E-state index is 12.4. The summed E-state index contributed by atoms with van der Waals surface area (Å²) in [5, 5.41) is -0.130. The van der Waals surface area contributed by atoms with Gasteiger partial charge in [-0.05, 0) is 18.1 Å². The summed E-state index contributed by atoms with van der Waals surface area (Å²) in [4.78, 5) is 13.5. The highest BCUT2D eigenvalue weighted by molar-refractivity contribution is 8.13. The molecule has 0 aromatic heterocycles. The molecule has 4 nitrogen and oxygen atoms in total. The third kappa shape index (κ3) is 4.74. The number of benzene rings is 1. The topological polar surface area (TPSA) is 54.5 Å². The van der Waals surface area contributed by atoms with Gasteiger partial charge < -0.3 is 4.90 Å². The normalized spacial score (nSPS) is 13.0. The fourth-order valence-electron chi connectivity index (χ4n) is 1.78. The summed E-state index contributed by atoms with van der Waals surface area (Å²) in [5.74, 6) is -0.0856. The Morgan fingerprint density at radius 2 is 1.90 bits per heavy atom. The highest BCUT2D eigenvalue weighted by Gasteiger charge is 2.24. The summed E-state index contributed by atoms with van der Waals surface area (Å²) in [7, 11) is 2.85. The van der Waals surface area contributed by atoms with E-state index in [1.807, 2.05) is 13.8 Å². The maximum Gasteiger partial charge on any atom is 0.262 e. The first-order valence-electron chi connectivity index (χ1n) is 6.27. The number of nitrogens with zero attached hydrogens (tertiary/aromatic N) is 1. The van der Waals surface area contributed by atoms with Crippen molar-refractivity contribution < 1.29 is 13.2 Å². The van der Waals surface area contributed by atoms with E-state index in [1.54, 1.807) is 7.05 Å². The summed E-state index contributed by atoms with van der Waals surface area (Å²) in [6.07, 6.45) is 0.919. The number of carbonyl (C=O) groups is 1. The van der Waals surface area contributed by atoms with Gasteiger partial charge >= 0.3 is 0 Å². The van der Waals surface area contributed by atoms with Gasteiger partial charge in [0.2, 0.25) is 0 Å². The monoisotopic (exact) mass is 371 g/mol. The number of hydrogen-bond acceptors (Lipinski definition) is 3. The summed E-state index contributed by atoms with van der Waals surface area (Å²) in [6, 6.07) is 2.46. The summed E-state index contributed by atoms with van der Waals surface area (Å²) in [6.45, 7) is 4.56. The molecule has 0 spiro atoms. The smallest absolute Gasteiger partial charge is 0.262 e. The van der Waals surface area contributed by atoms with Crippen LogP contribution >= 0.6 is 33.9 Å². The molecule has 1 atom stereocenters. The van der Waals surface area contributed by atoms with Crippen LogP contribution in [-0.4, -0.2) is 32.8 Å². The number of carbonyl (C=O) groups excluding carboxylic acids is 1. The Kier molecular flexibility index (Phi) is 6.35. The minimum atomic E-state index is -4.08. The molecule has 21 heavy (non-hydrogen) atoms. The summed E-state index contributed by atoms with van der Waals surface area (Å²) in [5.41, 5.74) is 0.0224. The fourth-order valence-corrected chi connectivity index (χ4v) is 3.64. The number of hydrogen-bond donors (Lipinski definition) is 0. The van der Waals surface area contributed by atoms with E-state index >= 15 is 0 Å². The molecule has 1 rings (SSSR count). The Morgan fingerprint density at radius 3 is 2.38 bits per heavy atom. The molecule has 0 heterocycles. The number of halogens is 3. The van der Waals surface area contributed by atoms with Crippen LogP contribution in [0, 0.1) is 5.92 Å². The lowest BCUT2D eigenvalue weighted by Gasteiger charge is -2.21. The van der Waals surface area contributed by atoms with Gasteiger partial charge in [0.05, 0.1) is 10.6 Å². The molecule has 0 saturated heterocycles. The molecular weight excluding hydrogens is 357 g/mol. The van der Waals surface area contributed by atoms with Crippen molar-refractivity contribution in [1.29, 1.82) is 0 Å². The lowest BCUT2D eigenvalue weighted by atomic mass is 10.1. The van der Waals surface area contributed by atoms with E-state index in [0.717, 1.165) is 12.5 Å². The second-order valence-electron chi connectivity index (χ2n) is 4.90. The van der Waals surface area contributed by atoms with Crippen LogP contribution in [-0.2, 0) is 9.05 Å². The van der Waals surface area contributed by atoms with E-state index in [0.29, 0.717) is 12.5 Å². The van der Waals surface area contributed by atoms with Gasteiger partial charge in [0, 0.05) is 29.3 Å². The highest BCUT2D eigenvalue weighted by atomic mass is 35.7. The number of rotatable bonds is 5. The Balaban J connectivity index is 3.25. The molecule has 1 aromatic rings. The van der Waals surface area contributed by atoms with Gasteiger partial charge in [0.25, 0.3) is 15.0 Å². The molecule has 1 aromatic carbocycles. The van der Waals surface area contributed by atoms with Crippen molar-refractivity contribution in [2.45, 2.75) is 25.2 Å². The van der Waals surface area contributed by atoms with Gasteiger partial charge in [-0.25, -0.2) is 8.42 Å². The van der Waals surface area contributed by atoms with Crippen molar-refractivity contribution in [3.05, 3.63) is 27.7 Å². The van der Waals surface area contributed by atoms with Crippen LogP contribution in [0.1, 0.15) is 30.6 Å². The SMILES string of the molecule is CCC(C)CN(C)C(=O)c1cc(Cl)cc(S(=O)(=O)Cl)c1Cl. The first kappa shape index (κ1) is 18.6. The lowest BCUT2D eigenvalue weighted by Crippen LogP contribution is -2.31. The quantitative estimate of drug-likeness (QED) is 0.733. The predicted molar refractivity (Wildman–Crippen MR) is 85.9 cm³/mol. The molecule has 0 bridgehead atoms. The van der Waals surface area contributed by atoms with E-state index in [-0.39, 0.29) is 20.5 Å². The summed E-state index contributed by atoms with van der Waals surface area (Å²) < 4.78 is 22.9. The van der Waals surface area contributed by atoms with Crippen LogP contribution in [0.3, 0.4) is 0 Å². The largest absolute Gasteiger partial charge is 0.341 e. The Labute approximate surface area is 139 Å². The van der Waals surface area contributed by atoms with E-state index in [4.69, 9.17) is 33.9 Å². The lowest BCUT2D eigenvalue weighted by molar-refractivity contribution is 0.0775. The van der Waals surface area contributed by atoms with Crippen molar-refractivity contribution in [1.82, 2.24) is 4.90 Å². The van der Waals surface area contributed by atoms with Crippen molar-refractivity contribution >= 4 is 48.8 Å². The first-order valence-corrected chi connectivity index (χ1v) is 9.33. The first-order chi connectivity index (χ1) is 9.57. The Morgan fingerprint density at radius 1 is 1.33 bits per heavy atom. The predicted octanol–water partition coefficient (Wildman–Crippen LogP) is 4.04. The minimum absolute atomic E-state index is 0.0224. The molecule has 8 heteroatoms. The van der Waals surface area contributed by atoms with Crippen molar-refractivity contribution in [3.8, 4) is 0 Å². The highest BCUT2D eigenvalue weighted by Crippen LogP contribution is 2.32. The van der Waals surface area contributed by atoms with Crippen molar-refractivity contribution in [3.63, 3.8) is 0 Å². The molecule has 0 saturated carbocycles. The second kappa shape index (κ2) is 7.18. The molecule has 1 amide bonds. The molecule has 1 unspecified atom stereocenters. The molecule has 0 N–H and O–H groups in total. The standard InChI is InChI=1S/C13H16Cl3NO3S/c1-4-8(2)7-17(3)13(18)10-5-9(14)6-11(12(10)15)21(16,19)20/h5-6,8H,4,7H2,1-3H3. The van der Waals surface area contributed by atoms with Crippen molar-refractivity contribution in [2.24, 2.45) is 5.92 Å². The van der Waals surface area contributed by atoms with E-state index in [1.165, 1.54) is 11.0 Å². The van der Waals surface area contributed by atoms with Crippen LogP contribution in [0.5, 0.6) is 0 Å². The average molecular weight is 373 g/mol. The van der Waals surface area contributed by atoms with Crippen molar-refractivity contribution in [2.75, 3.05) is 13.6 Å². The zero-order valence-corrected chi connectivity index (χ0v) is 14.9. The van der Waals surface area contributed by atoms with Gasteiger partial charge in [-0.3, -0.25) is 4.79 Å². The zero-order chi connectivity index (χ0) is 16.4. The van der Waals surface area contributed by atoms with E-state index in [2.05, 4.69) is 0 Å². The van der Waals surface area contributed by atoms with E-state index < -0.39 is 15.0 Å². The van der Waals surface area contributed by atoms with Crippen LogP contribution < -0.4 is 0 Å². The van der Waals surface area contributed by atoms with Gasteiger partial charge in [-0.2, -0.15) is 0 Å². The fraction of sp³-hybridized carbons (Fsp3) is 0.462. The van der Waals surface area contributed by atoms with Gasteiger partial charge in [0.1, 0.15) is 4.90 Å². The van der Waals surface area contributed by atoms with Gasteiger partial charge in [-0.1, -0.05) is 43.5 Å².